The Labute approximate surface area is 180 Å². The van der Waals surface area contributed by atoms with Gasteiger partial charge in [0.2, 0.25) is 0 Å². The van der Waals surface area contributed by atoms with E-state index in [1.54, 1.807) is 42.5 Å². The van der Waals surface area contributed by atoms with E-state index in [4.69, 9.17) is 9.47 Å². The molecule has 160 valence electrons. The number of likely N-dealkylation sites (N-methyl/N-ethyl adjacent to an activating group) is 1. The largest absolute Gasteiger partial charge is 0.492 e. The number of rotatable bonds is 9. The van der Waals surface area contributed by atoms with Crippen LogP contribution in [0.4, 0.5) is 5.69 Å². The number of amides is 1. The maximum atomic E-state index is 12.5. The van der Waals surface area contributed by atoms with E-state index >= 15 is 0 Å². The molecule has 3 rings (SSSR count). The van der Waals surface area contributed by atoms with Gasteiger partial charge in [-0.05, 0) is 74.8 Å². The number of nitrogens with zero attached hydrogens (tertiary/aromatic N) is 1. The normalized spacial score (nSPS) is 10.5. The minimum Gasteiger partial charge on any atom is -0.492 e. The van der Waals surface area contributed by atoms with E-state index in [-0.39, 0.29) is 11.3 Å². The molecule has 1 amide bonds. The van der Waals surface area contributed by atoms with Crippen molar-refractivity contribution in [3.05, 3.63) is 83.9 Å². The minimum atomic E-state index is -1.10. The Morgan fingerprint density at radius 2 is 1.45 bits per heavy atom. The van der Waals surface area contributed by atoms with Crippen LogP contribution in [0.15, 0.2) is 72.8 Å². The van der Waals surface area contributed by atoms with Crippen LogP contribution in [0.2, 0.25) is 0 Å². The third-order valence-corrected chi connectivity index (χ3v) is 4.39. The van der Waals surface area contributed by atoms with Gasteiger partial charge in [0.15, 0.2) is 0 Å². The van der Waals surface area contributed by atoms with Gasteiger partial charge in [0, 0.05) is 12.1 Å². The van der Waals surface area contributed by atoms with Gasteiger partial charge in [-0.1, -0.05) is 12.1 Å². The molecular weight excluding hydrogens is 396 g/mol. The summed E-state index contributed by atoms with van der Waals surface area (Å²) in [5.74, 6) is 0.479. The molecule has 0 fully saturated rings. The molecule has 3 aromatic rings. The van der Waals surface area contributed by atoms with Crippen LogP contribution in [-0.4, -0.2) is 49.1 Å². The smallest absolute Gasteiger partial charge is 0.337 e. The zero-order valence-electron chi connectivity index (χ0n) is 17.4. The van der Waals surface area contributed by atoms with E-state index in [0.717, 1.165) is 12.3 Å². The van der Waals surface area contributed by atoms with Gasteiger partial charge in [0.1, 0.15) is 23.9 Å². The molecule has 0 saturated carbocycles. The van der Waals surface area contributed by atoms with Crippen LogP contribution in [0.1, 0.15) is 20.7 Å². The number of anilines is 1. The number of carboxylic acid groups (broad SMARTS) is 1. The average molecular weight is 420 g/mol. The first-order valence-corrected chi connectivity index (χ1v) is 9.71. The highest BCUT2D eigenvalue weighted by molar-refractivity contribution is 6.07. The fourth-order valence-electron chi connectivity index (χ4n) is 2.73. The zero-order chi connectivity index (χ0) is 22.2. The summed E-state index contributed by atoms with van der Waals surface area (Å²) >= 11 is 0. The second kappa shape index (κ2) is 10.3. The molecule has 0 saturated heterocycles. The molecule has 0 radical (unpaired) electrons. The molecule has 0 heterocycles. The van der Waals surface area contributed by atoms with Crippen LogP contribution >= 0.6 is 0 Å². The van der Waals surface area contributed by atoms with E-state index < -0.39 is 11.9 Å². The van der Waals surface area contributed by atoms with Crippen molar-refractivity contribution in [2.45, 2.75) is 0 Å². The van der Waals surface area contributed by atoms with Crippen molar-refractivity contribution in [2.75, 3.05) is 32.6 Å². The molecule has 31 heavy (non-hydrogen) atoms. The predicted molar refractivity (Wildman–Crippen MR) is 118 cm³/mol. The lowest BCUT2D eigenvalue weighted by Gasteiger charge is -2.12. The van der Waals surface area contributed by atoms with Crippen molar-refractivity contribution >= 4 is 17.6 Å². The van der Waals surface area contributed by atoms with Gasteiger partial charge in [-0.3, -0.25) is 4.79 Å². The van der Waals surface area contributed by atoms with Crippen LogP contribution in [0.3, 0.4) is 0 Å². The number of hydrogen-bond acceptors (Lipinski definition) is 5. The Kier molecular flexibility index (Phi) is 7.24. The molecule has 0 aliphatic rings. The van der Waals surface area contributed by atoms with Crippen molar-refractivity contribution in [2.24, 2.45) is 0 Å². The van der Waals surface area contributed by atoms with Gasteiger partial charge in [-0.25, -0.2) is 4.79 Å². The quantitative estimate of drug-likeness (QED) is 0.534. The number of hydrogen-bond donors (Lipinski definition) is 2. The molecule has 2 N–H and O–H groups in total. The highest BCUT2D eigenvalue weighted by Crippen LogP contribution is 2.24. The van der Waals surface area contributed by atoms with E-state index in [0.29, 0.717) is 23.7 Å². The molecular formula is C24H24N2O5. The molecule has 0 aliphatic carbocycles. The first-order chi connectivity index (χ1) is 14.9. The van der Waals surface area contributed by atoms with Gasteiger partial charge >= 0.3 is 5.97 Å². The third-order valence-electron chi connectivity index (χ3n) is 4.39. The van der Waals surface area contributed by atoms with Crippen LogP contribution in [0, 0.1) is 0 Å². The Balaban J connectivity index is 1.59. The van der Waals surface area contributed by atoms with Crippen molar-refractivity contribution in [1.82, 2.24) is 4.90 Å². The highest BCUT2D eigenvalue weighted by Gasteiger charge is 2.13. The molecule has 0 unspecified atom stereocenters. The van der Waals surface area contributed by atoms with Crippen LogP contribution in [0.5, 0.6) is 17.2 Å². The third kappa shape index (κ3) is 6.32. The standard InChI is InChI=1S/C24H24N2O5/c1-26(2)15-16-30-18-11-13-20(14-12-18)31-19-9-7-17(8-10-19)23(27)25-22-6-4-3-5-21(22)24(28)29/h3-14H,15-16H2,1-2H3,(H,25,27)(H,28,29). The summed E-state index contributed by atoms with van der Waals surface area (Å²) in [6.45, 7) is 1.44. The van der Waals surface area contributed by atoms with Crippen molar-refractivity contribution in [3.8, 4) is 17.2 Å². The van der Waals surface area contributed by atoms with Crippen molar-refractivity contribution in [3.63, 3.8) is 0 Å². The number of carboxylic acids is 1. The lowest BCUT2D eigenvalue weighted by Crippen LogP contribution is -2.19. The van der Waals surface area contributed by atoms with Gasteiger partial charge in [0.25, 0.3) is 5.91 Å². The fourth-order valence-corrected chi connectivity index (χ4v) is 2.73. The first-order valence-electron chi connectivity index (χ1n) is 9.71. The number of carbonyl (C=O) groups excluding carboxylic acids is 1. The van der Waals surface area contributed by atoms with Gasteiger partial charge < -0.3 is 24.8 Å². The summed E-state index contributed by atoms with van der Waals surface area (Å²) in [5, 5.41) is 11.9. The van der Waals surface area contributed by atoms with E-state index in [2.05, 4.69) is 5.32 Å². The second-order valence-corrected chi connectivity index (χ2v) is 7.05. The summed E-state index contributed by atoms with van der Waals surface area (Å²) in [5.41, 5.74) is 0.662. The van der Waals surface area contributed by atoms with E-state index in [1.807, 2.05) is 43.3 Å². The number of para-hydroxylation sites is 1. The second-order valence-electron chi connectivity index (χ2n) is 7.05. The first kappa shape index (κ1) is 21.9. The van der Waals surface area contributed by atoms with Gasteiger partial charge in [-0.15, -0.1) is 0 Å². The predicted octanol–water partition coefficient (Wildman–Crippen LogP) is 4.37. The Bertz CT molecular complexity index is 1030. The maximum Gasteiger partial charge on any atom is 0.337 e. The number of nitrogens with one attached hydrogen (secondary N) is 1. The maximum absolute atomic E-state index is 12.5. The topological polar surface area (TPSA) is 88.1 Å². The van der Waals surface area contributed by atoms with Gasteiger partial charge in [-0.2, -0.15) is 0 Å². The molecule has 0 spiro atoms. The summed E-state index contributed by atoms with van der Waals surface area (Å²) in [6.07, 6.45) is 0. The molecule has 0 bridgehead atoms. The summed E-state index contributed by atoms with van der Waals surface area (Å²) in [6, 6.07) is 20.2. The lowest BCUT2D eigenvalue weighted by atomic mass is 10.1. The SMILES string of the molecule is CN(C)CCOc1ccc(Oc2ccc(C(=O)Nc3ccccc3C(=O)O)cc2)cc1. The summed E-state index contributed by atoms with van der Waals surface area (Å²) < 4.78 is 11.5. The lowest BCUT2D eigenvalue weighted by molar-refractivity contribution is 0.0698. The molecule has 0 aliphatic heterocycles. The van der Waals surface area contributed by atoms with Crippen molar-refractivity contribution < 1.29 is 24.2 Å². The number of benzene rings is 3. The number of carbonyl (C=O) groups is 2. The minimum absolute atomic E-state index is 0.0324. The molecule has 0 atom stereocenters. The molecule has 0 aromatic heterocycles. The monoisotopic (exact) mass is 420 g/mol. The van der Waals surface area contributed by atoms with Crippen LogP contribution in [-0.2, 0) is 0 Å². The highest BCUT2D eigenvalue weighted by atomic mass is 16.5. The Morgan fingerprint density at radius 3 is 2.06 bits per heavy atom. The number of aromatic carboxylic acids is 1. The van der Waals surface area contributed by atoms with E-state index in [9.17, 15) is 14.7 Å². The molecule has 7 nitrogen and oxygen atoms in total. The zero-order valence-corrected chi connectivity index (χ0v) is 17.4. The number of ether oxygens (including phenoxy) is 2. The van der Waals surface area contributed by atoms with Crippen molar-refractivity contribution in [1.29, 1.82) is 0 Å². The average Bonchev–Trinajstić information content (AvgIpc) is 2.75. The fraction of sp³-hybridized carbons (Fsp3) is 0.167. The Morgan fingerprint density at radius 1 is 0.871 bits per heavy atom. The van der Waals surface area contributed by atoms with Crippen LogP contribution in [0.25, 0.3) is 0 Å². The summed E-state index contributed by atoms with van der Waals surface area (Å²) in [4.78, 5) is 25.8. The Hall–Kier alpha value is -3.84. The van der Waals surface area contributed by atoms with Gasteiger partial charge in [0.05, 0.1) is 11.3 Å². The van der Waals surface area contributed by atoms with E-state index in [1.165, 1.54) is 6.07 Å². The van der Waals surface area contributed by atoms with Crippen LogP contribution < -0.4 is 14.8 Å². The summed E-state index contributed by atoms with van der Waals surface area (Å²) in [7, 11) is 3.98. The molecule has 7 heteroatoms. The molecule has 3 aromatic carbocycles.